The first-order chi connectivity index (χ1) is 25.6. The van der Waals surface area contributed by atoms with Crippen molar-refractivity contribution in [2.24, 2.45) is 5.41 Å². The number of fused-ring (bicyclic) bond motifs is 4. The number of amides is 1. The minimum Gasteiger partial charge on any atom is -0.458 e. The maximum Gasteiger partial charge on any atom is 0.327 e. The van der Waals surface area contributed by atoms with Gasteiger partial charge in [-0.1, -0.05) is 75.9 Å². The Morgan fingerprint density at radius 1 is 0.981 bits per heavy atom. The van der Waals surface area contributed by atoms with Crippen LogP contribution in [-0.4, -0.2) is 136 Å². The van der Waals surface area contributed by atoms with Crippen LogP contribution in [0, 0.1) is 5.41 Å². The van der Waals surface area contributed by atoms with Gasteiger partial charge in [0.1, 0.15) is 54.2 Å². The van der Waals surface area contributed by atoms with Crippen LogP contribution >= 0.6 is 0 Å². The first-order valence-electron chi connectivity index (χ1n) is 19.2. The van der Waals surface area contributed by atoms with Crippen molar-refractivity contribution in [3.05, 3.63) is 41.5 Å². The lowest BCUT2D eigenvalue weighted by atomic mass is 9.62. The molecule has 1 aromatic rings. The molecule has 6 N–H and O–H groups in total. The van der Waals surface area contributed by atoms with Crippen LogP contribution in [0.2, 0.25) is 0 Å². The lowest BCUT2D eigenvalue weighted by Gasteiger charge is -2.48. The number of benzene rings is 1. The van der Waals surface area contributed by atoms with Gasteiger partial charge in [0.15, 0.2) is 18.1 Å². The van der Waals surface area contributed by atoms with E-state index in [2.05, 4.69) is 19.2 Å². The van der Waals surface area contributed by atoms with Crippen LogP contribution in [0.5, 0.6) is 0 Å². The minimum absolute atomic E-state index is 0.0189. The molecule has 1 amide bonds. The van der Waals surface area contributed by atoms with Crippen molar-refractivity contribution in [3.63, 3.8) is 0 Å². The molecule has 1 aliphatic carbocycles. The number of hydroxylamine groups is 2. The summed E-state index contributed by atoms with van der Waals surface area (Å²) >= 11 is 0. The third-order valence-electron chi connectivity index (χ3n) is 11.2. The van der Waals surface area contributed by atoms with Crippen molar-refractivity contribution in [3.8, 4) is 0 Å². The van der Waals surface area contributed by atoms with Crippen LogP contribution in [0.25, 0.3) is 6.08 Å². The molecule has 1 aromatic carbocycles. The maximum atomic E-state index is 14.1. The van der Waals surface area contributed by atoms with Gasteiger partial charge in [0.05, 0.1) is 26.4 Å². The van der Waals surface area contributed by atoms with Gasteiger partial charge in [0, 0.05) is 25.8 Å². The molecule has 296 valence electrons. The number of hydrogen-bond donors (Lipinski definition) is 6. The van der Waals surface area contributed by atoms with Gasteiger partial charge >= 0.3 is 5.97 Å². The van der Waals surface area contributed by atoms with Crippen LogP contribution in [0.4, 0.5) is 0 Å². The molecule has 5 aliphatic rings. The lowest BCUT2D eigenvalue weighted by molar-refractivity contribution is -0.298. The Balaban J connectivity index is 1.17. The standard InChI is InChI=1S/C38H56N2O13/c1-3-5-7-15-37(16-8-6-4-2)51-30-25-20-38(36(47)39-17-18-41)32(34(46)49-25)40(53-33(38)31(30)52-37)21-24-13-11-23(12-14-24)10-9-19-48-35-29(45)28(44)27(43)26(22-42)50-35/h9-14,25-33,35,41-45H,3-8,15-22H2,1-2H3,(H,39,47)/t25-,26-,27+,28+,29-,30+,31+,32-,33-,35+,38-/m1/s1. The second-order valence-electron chi connectivity index (χ2n) is 14.9. The third-order valence-corrected chi connectivity index (χ3v) is 11.2. The number of unbranched alkanes of at least 4 members (excludes halogenated alkanes) is 4. The van der Waals surface area contributed by atoms with Gasteiger partial charge in [-0.05, 0) is 24.0 Å². The highest BCUT2D eigenvalue weighted by Crippen LogP contribution is 2.58. The topological polar surface area (TPSA) is 206 Å². The van der Waals surface area contributed by atoms with E-state index in [-0.39, 0.29) is 38.6 Å². The molecule has 15 heteroatoms. The zero-order valence-electron chi connectivity index (χ0n) is 30.6. The predicted octanol–water partition coefficient (Wildman–Crippen LogP) is 1.07. The smallest absolute Gasteiger partial charge is 0.327 e. The van der Waals surface area contributed by atoms with Crippen molar-refractivity contribution in [2.45, 2.75) is 145 Å². The summed E-state index contributed by atoms with van der Waals surface area (Å²) in [6, 6.07) is 6.45. The van der Waals surface area contributed by atoms with E-state index < -0.39 is 84.9 Å². The molecule has 4 saturated heterocycles. The summed E-state index contributed by atoms with van der Waals surface area (Å²) in [5.41, 5.74) is 0.322. The van der Waals surface area contributed by atoms with Gasteiger partial charge in [-0.3, -0.25) is 14.4 Å². The molecule has 1 saturated carbocycles. The highest BCUT2D eigenvalue weighted by Gasteiger charge is 2.76. The van der Waals surface area contributed by atoms with Gasteiger partial charge in [-0.15, -0.1) is 0 Å². The Kier molecular flexibility index (Phi) is 13.3. The molecule has 4 aliphatic heterocycles. The first-order valence-corrected chi connectivity index (χ1v) is 19.2. The fourth-order valence-electron chi connectivity index (χ4n) is 8.48. The number of nitrogens with one attached hydrogen (secondary N) is 1. The molecule has 6 rings (SSSR count). The normalized spacial score (nSPS) is 36.1. The van der Waals surface area contributed by atoms with E-state index in [1.807, 2.05) is 24.3 Å². The molecule has 0 aromatic heterocycles. The average molecular weight is 749 g/mol. The van der Waals surface area contributed by atoms with Crippen LogP contribution in [0.15, 0.2) is 30.3 Å². The highest BCUT2D eigenvalue weighted by molar-refractivity contribution is 5.93. The SMILES string of the molecule is CCCCCC1(CCCCC)O[C@@H]2[C@H](O1)[C@H]1ON(Cc3ccc(C=CCO[C@H]4O[C@H](CO)[C@H](O)[C@H](O)[C@H]4O)cc3)[C@@H]3C(=O)O[C@@H]2C[C@]13C(=O)NCCO. The summed E-state index contributed by atoms with van der Waals surface area (Å²) in [5, 5.41) is 53.4. The van der Waals surface area contributed by atoms with Crippen molar-refractivity contribution in [1.29, 1.82) is 0 Å². The van der Waals surface area contributed by atoms with E-state index in [1.54, 1.807) is 17.2 Å². The summed E-state index contributed by atoms with van der Waals surface area (Å²) in [4.78, 5) is 34.6. The monoisotopic (exact) mass is 748 g/mol. The molecule has 53 heavy (non-hydrogen) atoms. The average Bonchev–Trinajstić information content (AvgIpc) is 3.71. The summed E-state index contributed by atoms with van der Waals surface area (Å²) in [5.74, 6) is -1.80. The van der Waals surface area contributed by atoms with E-state index in [1.165, 1.54) is 0 Å². The quantitative estimate of drug-likeness (QED) is 0.0918. The van der Waals surface area contributed by atoms with Crippen molar-refractivity contribution < 1.29 is 63.6 Å². The number of esters is 1. The molecule has 0 spiro atoms. The number of carbonyl (C=O) groups is 2. The summed E-state index contributed by atoms with van der Waals surface area (Å²) < 4.78 is 30.6. The Labute approximate surface area is 310 Å². The minimum atomic E-state index is -1.52. The summed E-state index contributed by atoms with van der Waals surface area (Å²) in [7, 11) is 0. The second-order valence-corrected chi connectivity index (χ2v) is 14.9. The molecular weight excluding hydrogens is 692 g/mol. The number of aliphatic hydroxyl groups excluding tert-OH is 5. The molecule has 4 heterocycles. The number of rotatable bonds is 18. The summed E-state index contributed by atoms with van der Waals surface area (Å²) in [6.45, 7) is 3.73. The van der Waals surface area contributed by atoms with Gasteiger partial charge in [0.2, 0.25) is 5.91 Å². The third kappa shape index (κ3) is 8.07. The highest BCUT2D eigenvalue weighted by atomic mass is 16.8. The zero-order valence-corrected chi connectivity index (χ0v) is 30.6. The molecule has 0 radical (unpaired) electrons. The van der Waals surface area contributed by atoms with E-state index in [0.29, 0.717) is 12.8 Å². The van der Waals surface area contributed by atoms with E-state index in [9.17, 15) is 35.1 Å². The first kappa shape index (κ1) is 40.1. The van der Waals surface area contributed by atoms with Crippen LogP contribution in [-0.2, 0) is 44.7 Å². The Morgan fingerprint density at radius 2 is 1.68 bits per heavy atom. The van der Waals surface area contributed by atoms with Gasteiger partial charge in [-0.2, -0.15) is 5.06 Å². The number of carbonyl (C=O) groups excluding carboxylic acids is 2. The maximum absolute atomic E-state index is 14.1. The number of hydrogen-bond acceptors (Lipinski definition) is 14. The van der Waals surface area contributed by atoms with Crippen molar-refractivity contribution in [2.75, 3.05) is 26.4 Å². The predicted molar refractivity (Wildman–Crippen MR) is 187 cm³/mol. The molecule has 5 fully saturated rings. The Morgan fingerprint density at radius 3 is 2.34 bits per heavy atom. The largest absolute Gasteiger partial charge is 0.458 e. The molecular formula is C38H56N2O13. The van der Waals surface area contributed by atoms with Crippen LogP contribution < -0.4 is 5.32 Å². The fourth-order valence-corrected chi connectivity index (χ4v) is 8.48. The fraction of sp³-hybridized carbons (Fsp3) is 0.737. The lowest BCUT2D eigenvalue weighted by Crippen LogP contribution is -2.69. The molecule has 11 atom stereocenters. The number of nitrogens with zero attached hydrogens (tertiary/aromatic N) is 1. The van der Waals surface area contributed by atoms with Crippen LogP contribution in [0.1, 0.15) is 82.8 Å². The van der Waals surface area contributed by atoms with E-state index in [4.69, 9.17) is 28.5 Å². The summed E-state index contributed by atoms with van der Waals surface area (Å²) in [6.07, 6.45) is 1.62. The van der Waals surface area contributed by atoms with E-state index in [0.717, 1.165) is 49.7 Å². The number of ether oxygens (including phenoxy) is 5. The molecule has 0 unspecified atom stereocenters. The Hall–Kier alpha value is -2.54. The van der Waals surface area contributed by atoms with E-state index >= 15 is 0 Å². The Bertz CT molecular complexity index is 1400. The zero-order chi connectivity index (χ0) is 37.8. The molecule has 2 bridgehead atoms. The van der Waals surface area contributed by atoms with Crippen LogP contribution in [0.3, 0.4) is 0 Å². The van der Waals surface area contributed by atoms with Gasteiger partial charge in [-0.25, -0.2) is 0 Å². The van der Waals surface area contributed by atoms with Gasteiger partial charge < -0.3 is 54.5 Å². The second kappa shape index (κ2) is 17.5. The van der Waals surface area contributed by atoms with Gasteiger partial charge in [0.25, 0.3) is 0 Å². The molecule has 15 nitrogen and oxygen atoms in total. The van der Waals surface area contributed by atoms with Crippen molar-refractivity contribution >= 4 is 18.0 Å². The number of aliphatic hydroxyl groups is 5. The van der Waals surface area contributed by atoms with Crippen molar-refractivity contribution in [1.82, 2.24) is 10.4 Å².